The molecule has 31 N–H and O–H groups in total. The van der Waals surface area contributed by atoms with Crippen LogP contribution in [0, 0.1) is 0 Å². The Morgan fingerprint density at radius 1 is 0.391 bits per heavy atom. The highest BCUT2D eigenvalue weighted by molar-refractivity contribution is 5.80. The maximum absolute atomic E-state index is 14.2. The Hall–Kier alpha value is -5.19. The highest BCUT2D eigenvalue weighted by Crippen LogP contribution is 2.44. The number of carboxylic acid groups (broad SMARTS) is 3. The minimum atomic E-state index is -3.80. The lowest BCUT2D eigenvalue weighted by Gasteiger charge is -2.53. The standard InChI is InChI=1S/C59H96N4O47/c1-15(73)60-29-17(75)5-59(56(96)97,110-49-42(90)53(102-43-25(11-69)98-50(91)40(88)39(43)87)101-26(12-70)44(49)103-51-32(61-16(2)74)45(35(83)22(8-66)99-51)104-52-41(89)38(86)34(82)21(7-65)100-52)109-47(29)36(84)23(9-67)106-58(55(94)95)4-19(77)31(63-28(80)14-72)48(108-58)37(85)24(10-68)105-57(54(92)93)3-18(76)30(62-27(79)13-71)46(107-57)33(81)20(78)6-64/h17-26,29-53,64-72,75-78,81-91H,3-14H2,1-2H3,(H,60,73)(H,61,74)(H,62,79)(H,63,80)(H,92,93)(H,94,95)(H,96,97)/t17-,18-,19-,20+,21+,22+,23+,24+,25+,26+,29+,30+,31+,32+,33+,34-,35-,36+,37+,38-,39+,40+,41+,42+,43+,44-,45+,46+,47+,48+,49+,50+,51-,52-,53-,57+,58+,59-/m0/s1. The minimum Gasteiger partial charge on any atom is -0.477 e. The molecule has 7 rings (SSSR count). The summed E-state index contributed by atoms with van der Waals surface area (Å²) in [6.07, 6.45) is -78.5. The molecule has 634 valence electrons. The molecule has 7 aliphatic heterocycles. The molecule has 0 bridgehead atoms. The third-order valence-electron chi connectivity index (χ3n) is 19.3. The summed E-state index contributed by atoms with van der Waals surface area (Å²) in [5.74, 6) is -23.3. The van der Waals surface area contributed by atoms with Crippen LogP contribution in [-0.2, 0) is 95.1 Å². The molecule has 0 unspecified atom stereocenters. The van der Waals surface area contributed by atoms with Gasteiger partial charge in [0.25, 0.3) is 17.4 Å². The number of hydrogen-bond acceptors (Lipinski definition) is 44. The average molecular weight is 1610 g/mol. The fourth-order valence-electron chi connectivity index (χ4n) is 13.7. The van der Waals surface area contributed by atoms with Crippen LogP contribution in [0.25, 0.3) is 0 Å². The summed E-state index contributed by atoms with van der Waals surface area (Å²) in [5, 5.41) is 304. The molecular weight excluding hydrogens is 1520 g/mol. The van der Waals surface area contributed by atoms with Gasteiger partial charge in [-0.05, 0) is 0 Å². The van der Waals surface area contributed by atoms with Gasteiger partial charge in [0, 0.05) is 33.1 Å². The molecule has 0 spiro atoms. The van der Waals surface area contributed by atoms with Crippen molar-refractivity contribution in [2.75, 3.05) is 59.5 Å². The first-order chi connectivity index (χ1) is 51.7. The fourth-order valence-corrected chi connectivity index (χ4v) is 13.7. The van der Waals surface area contributed by atoms with Gasteiger partial charge in [-0.15, -0.1) is 0 Å². The van der Waals surface area contributed by atoms with Gasteiger partial charge in [-0.25, -0.2) is 14.4 Å². The molecule has 51 nitrogen and oxygen atoms in total. The van der Waals surface area contributed by atoms with Gasteiger partial charge >= 0.3 is 17.9 Å². The summed E-state index contributed by atoms with van der Waals surface area (Å²) in [4.78, 5) is 92.6. The van der Waals surface area contributed by atoms with E-state index in [9.17, 15) is 171 Å². The molecule has 0 aromatic heterocycles. The van der Waals surface area contributed by atoms with Gasteiger partial charge in [-0.1, -0.05) is 0 Å². The third-order valence-corrected chi connectivity index (χ3v) is 19.3. The van der Waals surface area contributed by atoms with Crippen LogP contribution >= 0.6 is 0 Å². The second-order valence-corrected chi connectivity index (χ2v) is 26.8. The number of carbonyl (C=O) groups is 7. The van der Waals surface area contributed by atoms with Crippen LogP contribution in [0.4, 0.5) is 0 Å². The Bertz CT molecular complexity index is 3050. The highest BCUT2D eigenvalue weighted by atomic mass is 16.8. The normalized spacial score (nSPS) is 42.8. The number of nitrogens with one attached hydrogen (secondary N) is 4. The van der Waals surface area contributed by atoms with Crippen molar-refractivity contribution < 1.29 is 233 Å². The van der Waals surface area contributed by atoms with Crippen LogP contribution in [0.3, 0.4) is 0 Å². The van der Waals surface area contributed by atoms with E-state index in [1.807, 2.05) is 10.6 Å². The van der Waals surface area contributed by atoms with E-state index in [0.29, 0.717) is 0 Å². The second-order valence-electron chi connectivity index (χ2n) is 26.8. The summed E-state index contributed by atoms with van der Waals surface area (Å²) in [6.45, 7) is -10.8. The number of amides is 4. The molecule has 7 fully saturated rings. The molecule has 38 atom stereocenters. The number of rotatable bonds is 34. The third kappa shape index (κ3) is 19.8. The first-order valence-corrected chi connectivity index (χ1v) is 33.8. The quantitative estimate of drug-likeness (QED) is 0.0284. The Labute approximate surface area is 618 Å². The Morgan fingerprint density at radius 3 is 1.21 bits per heavy atom. The van der Waals surface area contributed by atoms with Crippen molar-refractivity contribution in [3.8, 4) is 0 Å². The molecule has 7 heterocycles. The van der Waals surface area contributed by atoms with E-state index >= 15 is 0 Å². The van der Waals surface area contributed by atoms with E-state index in [4.69, 9.17) is 61.6 Å². The van der Waals surface area contributed by atoms with Crippen LogP contribution in [0.1, 0.15) is 33.1 Å². The first kappa shape index (κ1) is 92.0. The molecule has 0 radical (unpaired) electrons. The lowest BCUT2D eigenvalue weighted by molar-refractivity contribution is -0.403. The molecule has 0 aromatic rings. The van der Waals surface area contributed by atoms with Gasteiger partial charge in [0.2, 0.25) is 23.6 Å². The zero-order valence-electron chi connectivity index (χ0n) is 57.9. The molecule has 4 amide bonds. The highest BCUT2D eigenvalue weighted by Gasteiger charge is 2.65. The van der Waals surface area contributed by atoms with Crippen molar-refractivity contribution in [3.63, 3.8) is 0 Å². The molecule has 0 aromatic carbocycles. The van der Waals surface area contributed by atoms with Crippen molar-refractivity contribution in [1.29, 1.82) is 0 Å². The smallest absolute Gasteiger partial charge is 0.364 e. The number of carboxylic acids is 3. The van der Waals surface area contributed by atoms with E-state index in [0.717, 1.165) is 13.8 Å². The second kappa shape index (κ2) is 39.0. The number of hydrogen-bond donors (Lipinski definition) is 31. The van der Waals surface area contributed by atoms with Gasteiger partial charge in [0.15, 0.2) is 25.2 Å². The van der Waals surface area contributed by atoms with Gasteiger partial charge in [-0.3, -0.25) is 19.2 Å². The van der Waals surface area contributed by atoms with Crippen LogP contribution in [0.5, 0.6) is 0 Å². The maximum Gasteiger partial charge on any atom is 0.364 e. The summed E-state index contributed by atoms with van der Waals surface area (Å²) in [5.41, 5.74) is 0. The average Bonchev–Trinajstić information content (AvgIpc) is 0.670. The van der Waals surface area contributed by atoms with Crippen LogP contribution in [-0.4, -0.2) is 470 Å². The van der Waals surface area contributed by atoms with E-state index in [1.54, 1.807) is 0 Å². The van der Waals surface area contributed by atoms with Gasteiger partial charge in [0.1, 0.15) is 166 Å². The Balaban J connectivity index is 1.30. The molecular formula is C59H96N4O47. The summed E-state index contributed by atoms with van der Waals surface area (Å²) < 4.78 is 75.0. The molecule has 7 aliphatic rings. The summed E-state index contributed by atoms with van der Waals surface area (Å²) >= 11 is 0. The molecule has 110 heavy (non-hydrogen) atoms. The number of carbonyl (C=O) groups excluding carboxylic acids is 4. The van der Waals surface area contributed by atoms with Gasteiger partial charge in [-0.2, -0.15) is 0 Å². The lowest BCUT2D eigenvalue weighted by Crippen LogP contribution is -2.73. The van der Waals surface area contributed by atoms with E-state index in [-0.39, 0.29) is 0 Å². The summed E-state index contributed by atoms with van der Waals surface area (Å²) in [7, 11) is 0. The molecule has 7 saturated heterocycles. The van der Waals surface area contributed by atoms with E-state index < -0.39 is 352 Å². The van der Waals surface area contributed by atoms with Crippen molar-refractivity contribution in [1.82, 2.24) is 21.3 Å². The van der Waals surface area contributed by atoms with E-state index in [2.05, 4.69) is 10.6 Å². The number of ether oxygens (including phenoxy) is 13. The predicted octanol–water partition coefficient (Wildman–Crippen LogP) is -20.1. The van der Waals surface area contributed by atoms with E-state index in [1.165, 1.54) is 0 Å². The van der Waals surface area contributed by atoms with Gasteiger partial charge in [0.05, 0.1) is 82.7 Å². The topological polar surface area (TPSA) is 834 Å². The van der Waals surface area contributed by atoms with Crippen molar-refractivity contribution in [2.24, 2.45) is 0 Å². The number of aliphatic hydroxyl groups excluding tert-OH is 24. The maximum atomic E-state index is 14.2. The zero-order valence-corrected chi connectivity index (χ0v) is 57.9. The monoisotopic (exact) mass is 1610 g/mol. The Kier molecular flexibility index (Phi) is 32.6. The van der Waals surface area contributed by atoms with Crippen LogP contribution in [0.15, 0.2) is 0 Å². The Morgan fingerprint density at radius 2 is 0.773 bits per heavy atom. The SMILES string of the molecule is CC(=O)N[C@H]1[C@H](O[C@@H]2[C@H](O[C@]3(C(=O)O)C[C@H](O)[C@@H](NC(C)=O)[C@H]([C@H](O)[C@@H](CO)O[C@]4(C(=O)O)C[C@H](O)[C@@H](NC(=O)CO)[C@H]([C@H](O)[C@@H](CO)O[C@]5(C(=O)O)C[C@H](O)[C@@H](NC(=O)CO)[C@H]([C@H](O)[C@H](O)CO)O5)O4)O3)[C@@H](O)[C@H](O[C@H]3[C@H](O)[C@@H](O)[C@H](O)O[C@@H]3CO)O[C@@H]2CO)O[C@H](CO)[C@H](O)[C@@H]1O[C@@H]1O[C@H](CO)[C@H](O)[C@H](O)[C@H]1O. The molecule has 51 heteroatoms. The first-order valence-electron chi connectivity index (χ1n) is 33.8. The largest absolute Gasteiger partial charge is 0.477 e. The predicted molar refractivity (Wildman–Crippen MR) is 333 cm³/mol. The zero-order chi connectivity index (χ0) is 82.3. The van der Waals surface area contributed by atoms with Crippen molar-refractivity contribution in [3.05, 3.63) is 0 Å². The molecule has 0 saturated carbocycles. The minimum absolute atomic E-state index is 0.773. The number of aliphatic hydroxyl groups is 24. The van der Waals surface area contributed by atoms with Gasteiger partial charge < -0.3 is 221 Å². The van der Waals surface area contributed by atoms with Crippen LogP contribution in [0.2, 0.25) is 0 Å². The lowest BCUT2D eigenvalue weighted by atomic mass is 9.86. The summed E-state index contributed by atoms with van der Waals surface area (Å²) in [6, 6.07) is -8.62. The van der Waals surface area contributed by atoms with Crippen molar-refractivity contribution >= 4 is 41.5 Å². The molecule has 0 aliphatic carbocycles. The number of aliphatic carboxylic acids is 3. The fraction of sp³-hybridized carbons (Fsp3) is 0.881. The van der Waals surface area contributed by atoms with Crippen molar-refractivity contribution in [2.45, 2.75) is 265 Å². The van der Waals surface area contributed by atoms with Crippen LogP contribution < -0.4 is 21.3 Å².